The van der Waals surface area contributed by atoms with Gasteiger partial charge in [-0.3, -0.25) is 19.1 Å². The molecule has 1 saturated heterocycles. The summed E-state index contributed by atoms with van der Waals surface area (Å²) in [5.41, 5.74) is -0.357. The number of amides is 1. The molecule has 0 radical (unpaired) electrons. The van der Waals surface area contributed by atoms with Gasteiger partial charge in [0.2, 0.25) is 0 Å². The molecule has 1 aliphatic rings. The van der Waals surface area contributed by atoms with E-state index in [4.69, 9.17) is 4.74 Å². The summed E-state index contributed by atoms with van der Waals surface area (Å²) < 4.78 is 7.01. The van der Waals surface area contributed by atoms with Crippen molar-refractivity contribution in [3.05, 3.63) is 38.7 Å². The number of hydrogen-bond acceptors (Lipinski definition) is 5. The van der Waals surface area contributed by atoms with E-state index < -0.39 is 11.2 Å². The molecule has 3 heterocycles. The highest BCUT2D eigenvalue weighted by molar-refractivity contribution is 5.96. The minimum absolute atomic E-state index is 0.0317. The van der Waals surface area contributed by atoms with Gasteiger partial charge in [0, 0.05) is 25.8 Å². The van der Waals surface area contributed by atoms with E-state index >= 15 is 0 Å². The Bertz CT molecular complexity index is 902. The third-order valence-corrected chi connectivity index (χ3v) is 4.41. The summed E-state index contributed by atoms with van der Waals surface area (Å²) in [4.78, 5) is 45.1. The van der Waals surface area contributed by atoms with Crippen molar-refractivity contribution in [2.75, 3.05) is 19.7 Å². The first-order valence-corrected chi connectivity index (χ1v) is 8.58. The summed E-state index contributed by atoms with van der Waals surface area (Å²) in [6, 6.07) is 1.52. The molecular weight excluding hydrogens is 324 g/mol. The molecule has 1 N–H and O–H groups in total. The van der Waals surface area contributed by atoms with E-state index in [-0.39, 0.29) is 17.4 Å². The molecule has 2 aromatic heterocycles. The molecule has 8 heteroatoms. The van der Waals surface area contributed by atoms with Crippen molar-refractivity contribution in [2.24, 2.45) is 0 Å². The number of pyridine rings is 1. The molecule has 1 amide bonds. The Morgan fingerprint density at radius 3 is 2.92 bits per heavy atom. The summed E-state index contributed by atoms with van der Waals surface area (Å²) in [6.45, 7) is 5.95. The van der Waals surface area contributed by atoms with E-state index in [0.29, 0.717) is 37.5 Å². The van der Waals surface area contributed by atoms with Crippen LogP contribution in [-0.4, -0.2) is 51.1 Å². The molecule has 0 saturated carbocycles. The number of aromatic nitrogens is 3. The Kier molecular flexibility index (Phi) is 4.98. The summed E-state index contributed by atoms with van der Waals surface area (Å²) in [6.07, 6.45) is 3.04. The average Bonchev–Trinajstić information content (AvgIpc) is 2.64. The van der Waals surface area contributed by atoms with Gasteiger partial charge in [-0.25, -0.2) is 9.78 Å². The van der Waals surface area contributed by atoms with E-state index in [9.17, 15) is 14.4 Å². The number of H-pyrrole nitrogens is 1. The normalized spacial score (nSPS) is 17.8. The zero-order valence-corrected chi connectivity index (χ0v) is 14.4. The first-order valence-electron chi connectivity index (χ1n) is 8.58. The largest absolute Gasteiger partial charge is 0.375 e. The molecule has 0 aromatic carbocycles. The molecule has 134 valence electrons. The van der Waals surface area contributed by atoms with Gasteiger partial charge in [-0.1, -0.05) is 13.8 Å². The van der Waals surface area contributed by atoms with Gasteiger partial charge in [0.25, 0.3) is 11.5 Å². The highest BCUT2D eigenvalue weighted by Gasteiger charge is 2.24. The molecule has 0 bridgehead atoms. The van der Waals surface area contributed by atoms with Crippen molar-refractivity contribution in [1.82, 2.24) is 19.4 Å². The second-order valence-corrected chi connectivity index (χ2v) is 6.16. The van der Waals surface area contributed by atoms with Crippen LogP contribution in [0.3, 0.4) is 0 Å². The van der Waals surface area contributed by atoms with Crippen LogP contribution in [0.25, 0.3) is 11.0 Å². The number of nitrogens with zero attached hydrogens (tertiary/aromatic N) is 3. The van der Waals surface area contributed by atoms with E-state index in [0.717, 1.165) is 12.8 Å². The summed E-state index contributed by atoms with van der Waals surface area (Å²) >= 11 is 0. The fraction of sp³-hybridized carbons (Fsp3) is 0.529. The van der Waals surface area contributed by atoms with Crippen molar-refractivity contribution in [3.8, 4) is 0 Å². The number of rotatable bonds is 4. The summed E-state index contributed by atoms with van der Waals surface area (Å²) in [5, 5.41) is 0.249. The van der Waals surface area contributed by atoms with Crippen LogP contribution in [-0.2, 0) is 11.3 Å². The smallest absolute Gasteiger partial charge is 0.329 e. The third-order valence-electron chi connectivity index (χ3n) is 4.41. The van der Waals surface area contributed by atoms with Crippen molar-refractivity contribution in [3.63, 3.8) is 0 Å². The molecule has 2 aromatic rings. The number of ether oxygens (including phenoxy) is 1. The first kappa shape index (κ1) is 17.3. The van der Waals surface area contributed by atoms with Gasteiger partial charge in [0.15, 0.2) is 0 Å². The van der Waals surface area contributed by atoms with Gasteiger partial charge in [-0.15, -0.1) is 0 Å². The number of fused-ring (bicyclic) bond motifs is 1. The van der Waals surface area contributed by atoms with E-state index in [1.54, 1.807) is 4.90 Å². The summed E-state index contributed by atoms with van der Waals surface area (Å²) in [5.74, 6) is -0.177. The third kappa shape index (κ3) is 3.34. The Balaban J connectivity index is 2.00. The Morgan fingerprint density at radius 2 is 2.20 bits per heavy atom. The number of carbonyl (C=O) groups is 1. The first-order chi connectivity index (χ1) is 12.0. The van der Waals surface area contributed by atoms with Crippen molar-refractivity contribution < 1.29 is 9.53 Å². The molecule has 0 spiro atoms. The van der Waals surface area contributed by atoms with Gasteiger partial charge in [0.1, 0.15) is 5.65 Å². The van der Waals surface area contributed by atoms with Crippen LogP contribution in [0.15, 0.2) is 21.9 Å². The number of aryl methyl sites for hydroxylation is 1. The predicted octanol–water partition coefficient (Wildman–Crippen LogP) is 0.746. The number of hydrogen-bond donors (Lipinski definition) is 1. The van der Waals surface area contributed by atoms with E-state index in [2.05, 4.69) is 9.97 Å². The maximum Gasteiger partial charge on any atom is 0.329 e. The molecule has 1 atom stereocenters. The molecule has 1 fully saturated rings. The molecule has 1 aliphatic heterocycles. The fourth-order valence-electron chi connectivity index (χ4n) is 3.05. The lowest BCUT2D eigenvalue weighted by Gasteiger charge is -2.32. The topological polar surface area (TPSA) is 97.3 Å². The second kappa shape index (κ2) is 7.18. The molecular formula is C17H22N4O4. The lowest BCUT2D eigenvalue weighted by Crippen LogP contribution is -2.45. The van der Waals surface area contributed by atoms with Crippen molar-refractivity contribution in [2.45, 2.75) is 39.3 Å². The van der Waals surface area contributed by atoms with Crippen LogP contribution < -0.4 is 11.2 Å². The SMILES string of the molecule is CCCn1c(=O)[nH]c(=O)c2cc(C(=O)N3CCOC(CC)C3)cnc21. The highest BCUT2D eigenvalue weighted by atomic mass is 16.5. The quantitative estimate of drug-likeness (QED) is 0.881. The standard InChI is InChI=1S/C17H22N4O4/c1-3-5-21-14-13(15(22)19-17(21)24)8-11(9-18-14)16(23)20-6-7-25-12(4-2)10-20/h8-9,12H,3-7,10H2,1-2H3,(H,19,22,24). The van der Waals surface area contributed by atoms with E-state index in [1.165, 1.54) is 16.8 Å². The van der Waals surface area contributed by atoms with Crippen LogP contribution in [0, 0.1) is 0 Å². The lowest BCUT2D eigenvalue weighted by atomic mass is 10.1. The number of carbonyl (C=O) groups excluding carboxylic acids is 1. The van der Waals surface area contributed by atoms with Crippen LogP contribution in [0.4, 0.5) is 0 Å². The Labute approximate surface area is 144 Å². The van der Waals surface area contributed by atoms with Crippen molar-refractivity contribution >= 4 is 16.9 Å². The average molecular weight is 346 g/mol. The van der Waals surface area contributed by atoms with Crippen LogP contribution in [0.5, 0.6) is 0 Å². The Hall–Kier alpha value is -2.48. The fourth-order valence-corrected chi connectivity index (χ4v) is 3.05. The van der Waals surface area contributed by atoms with Crippen LogP contribution in [0.1, 0.15) is 37.0 Å². The zero-order chi connectivity index (χ0) is 18.0. The van der Waals surface area contributed by atoms with Crippen LogP contribution >= 0.6 is 0 Å². The second-order valence-electron chi connectivity index (χ2n) is 6.16. The maximum atomic E-state index is 12.7. The molecule has 0 aliphatic carbocycles. The molecule has 3 rings (SSSR count). The maximum absolute atomic E-state index is 12.7. The van der Waals surface area contributed by atoms with Gasteiger partial charge in [0.05, 0.1) is 23.7 Å². The predicted molar refractivity (Wildman–Crippen MR) is 92.8 cm³/mol. The lowest BCUT2D eigenvalue weighted by molar-refractivity contribution is -0.0226. The minimum Gasteiger partial charge on any atom is -0.375 e. The number of nitrogens with one attached hydrogen (secondary N) is 1. The highest BCUT2D eigenvalue weighted by Crippen LogP contribution is 2.14. The monoisotopic (exact) mass is 346 g/mol. The number of morpholine rings is 1. The molecule has 25 heavy (non-hydrogen) atoms. The van der Waals surface area contributed by atoms with E-state index in [1.807, 2.05) is 13.8 Å². The Morgan fingerprint density at radius 1 is 1.40 bits per heavy atom. The van der Waals surface area contributed by atoms with Crippen molar-refractivity contribution in [1.29, 1.82) is 0 Å². The van der Waals surface area contributed by atoms with Gasteiger partial charge >= 0.3 is 5.69 Å². The summed E-state index contributed by atoms with van der Waals surface area (Å²) in [7, 11) is 0. The van der Waals surface area contributed by atoms with Crippen LogP contribution in [0.2, 0.25) is 0 Å². The minimum atomic E-state index is -0.525. The number of aromatic amines is 1. The van der Waals surface area contributed by atoms with Gasteiger partial charge in [-0.05, 0) is 18.9 Å². The zero-order valence-electron chi connectivity index (χ0n) is 14.4. The van der Waals surface area contributed by atoms with Gasteiger partial charge < -0.3 is 9.64 Å². The molecule has 8 nitrogen and oxygen atoms in total. The molecule has 1 unspecified atom stereocenters. The van der Waals surface area contributed by atoms with Gasteiger partial charge in [-0.2, -0.15) is 0 Å².